The number of benzene rings is 3. The quantitative estimate of drug-likeness (QED) is 0.394. The predicted octanol–water partition coefficient (Wildman–Crippen LogP) is 5.22. The van der Waals surface area contributed by atoms with Crippen LogP contribution in [0.5, 0.6) is 0 Å². The molecule has 4 aromatic rings. The van der Waals surface area contributed by atoms with E-state index in [2.05, 4.69) is 89.8 Å². The molecule has 0 radical (unpaired) electrons. The van der Waals surface area contributed by atoms with Gasteiger partial charge in [-0.2, -0.15) is 0 Å². The molecule has 1 aromatic heterocycles. The third-order valence-electron chi connectivity index (χ3n) is 6.68. The standard InChI is InChI=1S/C30H31N3OS/c31-27(22-26-16-17-28(35-26)23-10-4-1-5-11-23)30(34)33-20-18-32(19-21-33)29(24-12-6-2-7-13-24)25-14-8-3-9-15-25/h1-17,27,29H,18-22,31H2. The van der Waals surface area contributed by atoms with Crippen LogP contribution in [-0.2, 0) is 11.2 Å². The summed E-state index contributed by atoms with van der Waals surface area (Å²) >= 11 is 1.72. The minimum Gasteiger partial charge on any atom is -0.339 e. The summed E-state index contributed by atoms with van der Waals surface area (Å²) in [5, 5.41) is 0. The maximum absolute atomic E-state index is 13.2. The van der Waals surface area contributed by atoms with E-state index < -0.39 is 6.04 Å². The van der Waals surface area contributed by atoms with E-state index in [1.807, 2.05) is 23.1 Å². The molecule has 2 heterocycles. The first-order valence-electron chi connectivity index (χ1n) is 12.2. The Morgan fingerprint density at radius 3 is 1.86 bits per heavy atom. The molecule has 178 valence electrons. The number of hydrogen-bond donors (Lipinski definition) is 1. The van der Waals surface area contributed by atoms with Crippen molar-refractivity contribution < 1.29 is 4.79 Å². The Kier molecular flexibility index (Phi) is 7.38. The number of nitrogens with zero attached hydrogens (tertiary/aromatic N) is 2. The number of hydrogen-bond acceptors (Lipinski definition) is 4. The minimum absolute atomic E-state index is 0.0512. The van der Waals surface area contributed by atoms with Gasteiger partial charge in [0, 0.05) is 42.4 Å². The molecule has 1 atom stereocenters. The van der Waals surface area contributed by atoms with Crippen LogP contribution in [0.25, 0.3) is 10.4 Å². The molecule has 0 spiro atoms. The zero-order chi connectivity index (χ0) is 24.0. The lowest BCUT2D eigenvalue weighted by atomic mass is 9.96. The Labute approximate surface area is 211 Å². The fourth-order valence-electron chi connectivity index (χ4n) is 4.87. The molecule has 2 N–H and O–H groups in total. The molecule has 0 bridgehead atoms. The molecule has 1 amide bonds. The van der Waals surface area contributed by atoms with Crippen LogP contribution in [0.1, 0.15) is 22.0 Å². The van der Waals surface area contributed by atoms with E-state index >= 15 is 0 Å². The molecule has 1 aliphatic heterocycles. The van der Waals surface area contributed by atoms with Gasteiger partial charge in [-0.1, -0.05) is 91.0 Å². The predicted molar refractivity (Wildman–Crippen MR) is 144 cm³/mol. The van der Waals surface area contributed by atoms with Crippen LogP contribution >= 0.6 is 11.3 Å². The van der Waals surface area contributed by atoms with Gasteiger partial charge in [0.1, 0.15) is 0 Å². The second-order valence-corrected chi connectivity index (χ2v) is 10.2. The molecule has 5 rings (SSSR count). The molecule has 0 saturated carbocycles. The van der Waals surface area contributed by atoms with Gasteiger partial charge in [-0.15, -0.1) is 11.3 Å². The highest BCUT2D eigenvalue weighted by Gasteiger charge is 2.30. The zero-order valence-corrected chi connectivity index (χ0v) is 20.6. The van der Waals surface area contributed by atoms with Crippen LogP contribution < -0.4 is 5.73 Å². The molecule has 1 aliphatic rings. The number of piperazine rings is 1. The topological polar surface area (TPSA) is 49.6 Å². The summed E-state index contributed by atoms with van der Waals surface area (Å²) < 4.78 is 0. The number of carbonyl (C=O) groups excluding carboxylic acids is 1. The lowest BCUT2D eigenvalue weighted by molar-refractivity contribution is -0.134. The van der Waals surface area contributed by atoms with Gasteiger partial charge in [-0.05, 0) is 28.8 Å². The van der Waals surface area contributed by atoms with E-state index in [9.17, 15) is 4.79 Å². The number of amides is 1. The summed E-state index contributed by atoms with van der Waals surface area (Å²) in [4.78, 5) is 20.0. The van der Waals surface area contributed by atoms with E-state index in [1.165, 1.54) is 21.6 Å². The smallest absolute Gasteiger partial charge is 0.239 e. The van der Waals surface area contributed by atoms with Crippen LogP contribution in [0.3, 0.4) is 0 Å². The van der Waals surface area contributed by atoms with Gasteiger partial charge in [-0.25, -0.2) is 0 Å². The highest BCUT2D eigenvalue weighted by molar-refractivity contribution is 7.15. The van der Waals surface area contributed by atoms with Gasteiger partial charge in [0.2, 0.25) is 5.91 Å². The average molecular weight is 482 g/mol. The van der Waals surface area contributed by atoms with Crippen molar-refractivity contribution >= 4 is 17.2 Å². The molecule has 1 fully saturated rings. The summed E-state index contributed by atoms with van der Waals surface area (Å²) in [7, 11) is 0. The lowest BCUT2D eigenvalue weighted by Gasteiger charge is -2.40. The fraction of sp³-hybridized carbons (Fsp3) is 0.233. The molecule has 5 heteroatoms. The second-order valence-electron chi connectivity index (χ2n) is 9.03. The third kappa shape index (κ3) is 5.54. The van der Waals surface area contributed by atoms with Crippen molar-refractivity contribution in [3.05, 3.63) is 119 Å². The first-order chi connectivity index (χ1) is 17.2. The van der Waals surface area contributed by atoms with Gasteiger partial charge in [0.05, 0.1) is 12.1 Å². The van der Waals surface area contributed by atoms with E-state index in [1.54, 1.807) is 11.3 Å². The van der Waals surface area contributed by atoms with Crippen LogP contribution in [0.4, 0.5) is 0 Å². The van der Waals surface area contributed by atoms with Gasteiger partial charge in [0.15, 0.2) is 0 Å². The first-order valence-corrected chi connectivity index (χ1v) is 13.0. The Morgan fingerprint density at radius 2 is 1.29 bits per heavy atom. The molecular formula is C30H31N3OS. The Bertz CT molecular complexity index is 1180. The van der Waals surface area contributed by atoms with Gasteiger partial charge in [-0.3, -0.25) is 9.69 Å². The molecule has 35 heavy (non-hydrogen) atoms. The van der Waals surface area contributed by atoms with Crippen LogP contribution in [0.2, 0.25) is 0 Å². The number of rotatable bonds is 7. The highest BCUT2D eigenvalue weighted by atomic mass is 32.1. The van der Waals surface area contributed by atoms with E-state index in [4.69, 9.17) is 5.73 Å². The van der Waals surface area contributed by atoms with Gasteiger partial charge in [0.25, 0.3) is 0 Å². The fourth-order valence-corrected chi connectivity index (χ4v) is 5.94. The molecule has 4 nitrogen and oxygen atoms in total. The van der Waals surface area contributed by atoms with Gasteiger partial charge >= 0.3 is 0 Å². The molecule has 1 unspecified atom stereocenters. The SMILES string of the molecule is NC(Cc1ccc(-c2ccccc2)s1)C(=O)N1CCN(C(c2ccccc2)c2ccccc2)CC1. The van der Waals surface area contributed by atoms with Crippen molar-refractivity contribution in [1.29, 1.82) is 0 Å². The first kappa shape index (κ1) is 23.5. The maximum Gasteiger partial charge on any atom is 0.239 e. The molecular weight excluding hydrogens is 450 g/mol. The highest BCUT2D eigenvalue weighted by Crippen LogP contribution is 2.30. The Hall–Kier alpha value is -3.25. The second kappa shape index (κ2) is 11.0. The molecule has 3 aromatic carbocycles. The Morgan fingerprint density at radius 1 is 0.743 bits per heavy atom. The summed E-state index contributed by atoms with van der Waals surface area (Å²) in [6.07, 6.45) is 0.577. The van der Waals surface area contributed by atoms with E-state index in [0.717, 1.165) is 18.0 Å². The van der Waals surface area contributed by atoms with Crippen LogP contribution in [0, 0.1) is 0 Å². The number of thiophene rings is 1. The van der Waals surface area contributed by atoms with E-state index in [-0.39, 0.29) is 11.9 Å². The number of carbonyl (C=O) groups is 1. The summed E-state index contributed by atoms with van der Waals surface area (Å²) in [6, 6.07) is 35.5. The van der Waals surface area contributed by atoms with Crippen molar-refractivity contribution in [2.75, 3.05) is 26.2 Å². The molecule has 0 aliphatic carbocycles. The minimum atomic E-state index is -0.511. The summed E-state index contributed by atoms with van der Waals surface area (Å²) in [5.41, 5.74) is 10.2. The number of nitrogens with two attached hydrogens (primary N) is 1. The average Bonchev–Trinajstić information content (AvgIpc) is 3.39. The van der Waals surface area contributed by atoms with Crippen LogP contribution in [0.15, 0.2) is 103 Å². The van der Waals surface area contributed by atoms with E-state index in [0.29, 0.717) is 19.5 Å². The maximum atomic E-state index is 13.2. The van der Waals surface area contributed by atoms with Crippen molar-refractivity contribution in [3.63, 3.8) is 0 Å². The largest absolute Gasteiger partial charge is 0.339 e. The van der Waals surface area contributed by atoms with Crippen molar-refractivity contribution in [2.24, 2.45) is 5.73 Å². The zero-order valence-electron chi connectivity index (χ0n) is 19.8. The van der Waals surface area contributed by atoms with Crippen molar-refractivity contribution in [1.82, 2.24) is 9.80 Å². The van der Waals surface area contributed by atoms with Crippen molar-refractivity contribution in [3.8, 4) is 10.4 Å². The van der Waals surface area contributed by atoms with Crippen molar-refractivity contribution in [2.45, 2.75) is 18.5 Å². The monoisotopic (exact) mass is 481 g/mol. The normalized spacial score (nSPS) is 15.3. The molecule has 1 saturated heterocycles. The van der Waals surface area contributed by atoms with Crippen LogP contribution in [-0.4, -0.2) is 47.9 Å². The third-order valence-corrected chi connectivity index (χ3v) is 7.84. The lowest BCUT2D eigenvalue weighted by Crippen LogP contribution is -2.54. The van der Waals surface area contributed by atoms with Gasteiger partial charge < -0.3 is 10.6 Å². The Balaban J connectivity index is 1.22. The summed E-state index contributed by atoms with van der Waals surface area (Å²) in [6.45, 7) is 3.04. The summed E-state index contributed by atoms with van der Waals surface area (Å²) in [5.74, 6) is 0.0512.